The molecule has 1 aromatic carbocycles. The minimum atomic E-state index is 0.560. The van der Waals surface area contributed by atoms with Gasteiger partial charge in [0, 0.05) is 24.6 Å². The molecule has 2 aliphatic rings. The summed E-state index contributed by atoms with van der Waals surface area (Å²) in [5, 5.41) is 3.33. The highest BCUT2D eigenvalue weighted by Crippen LogP contribution is 2.37. The van der Waals surface area contributed by atoms with Crippen molar-refractivity contribution in [3.05, 3.63) is 29.8 Å². The van der Waals surface area contributed by atoms with Crippen LogP contribution in [0.15, 0.2) is 24.3 Å². The van der Waals surface area contributed by atoms with Crippen molar-refractivity contribution >= 4 is 0 Å². The molecule has 0 bridgehead atoms. The summed E-state index contributed by atoms with van der Waals surface area (Å²) < 4.78 is 5.78. The molecule has 0 radical (unpaired) electrons. The van der Waals surface area contributed by atoms with E-state index >= 15 is 0 Å². The number of benzene rings is 1. The molecule has 2 heterocycles. The van der Waals surface area contributed by atoms with Gasteiger partial charge in [-0.3, -0.25) is 4.90 Å². The minimum Gasteiger partial charge on any atom is -0.493 e. The lowest BCUT2D eigenvalue weighted by Gasteiger charge is -2.40. The van der Waals surface area contributed by atoms with Crippen LogP contribution in [0.25, 0.3) is 0 Å². The van der Waals surface area contributed by atoms with E-state index < -0.39 is 0 Å². The molecule has 19 heavy (non-hydrogen) atoms. The minimum absolute atomic E-state index is 0.560. The Kier molecular flexibility index (Phi) is 4.04. The summed E-state index contributed by atoms with van der Waals surface area (Å²) in [6, 6.07) is 9.11. The zero-order chi connectivity index (χ0) is 13.1. The topological polar surface area (TPSA) is 24.5 Å². The molecule has 2 atom stereocenters. The third-order valence-electron chi connectivity index (χ3n) is 4.41. The number of nitrogens with one attached hydrogen (secondary N) is 1. The molecule has 3 nitrogen and oxygen atoms in total. The highest BCUT2D eigenvalue weighted by molar-refractivity contribution is 5.37. The first-order valence-electron chi connectivity index (χ1n) is 7.49. The van der Waals surface area contributed by atoms with E-state index in [0.717, 1.165) is 31.2 Å². The van der Waals surface area contributed by atoms with E-state index in [2.05, 4.69) is 41.5 Å². The predicted molar refractivity (Wildman–Crippen MR) is 77.5 cm³/mol. The second-order valence-electron chi connectivity index (χ2n) is 5.75. The molecule has 0 spiro atoms. The number of fused-ring (bicyclic) bond motifs is 1. The maximum absolute atomic E-state index is 5.78. The number of hydrogen-bond donors (Lipinski definition) is 1. The van der Waals surface area contributed by atoms with Crippen LogP contribution < -0.4 is 10.1 Å². The molecular formula is C16H24N2O. The van der Waals surface area contributed by atoms with E-state index in [4.69, 9.17) is 4.74 Å². The van der Waals surface area contributed by atoms with Gasteiger partial charge in [0.2, 0.25) is 0 Å². The van der Waals surface area contributed by atoms with Crippen molar-refractivity contribution < 1.29 is 4.74 Å². The van der Waals surface area contributed by atoms with Gasteiger partial charge in [-0.2, -0.15) is 0 Å². The van der Waals surface area contributed by atoms with Gasteiger partial charge in [-0.15, -0.1) is 0 Å². The Labute approximate surface area is 115 Å². The Balaban J connectivity index is 1.75. The van der Waals surface area contributed by atoms with Crippen LogP contribution in [-0.4, -0.2) is 38.2 Å². The largest absolute Gasteiger partial charge is 0.493 e. The van der Waals surface area contributed by atoms with Crippen LogP contribution in [0.3, 0.4) is 0 Å². The molecule has 0 aromatic heterocycles. The number of hydrogen-bond acceptors (Lipinski definition) is 3. The zero-order valence-corrected chi connectivity index (χ0v) is 11.8. The van der Waals surface area contributed by atoms with Gasteiger partial charge in [0.05, 0.1) is 6.61 Å². The summed E-state index contributed by atoms with van der Waals surface area (Å²) >= 11 is 0. The molecule has 2 unspecified atom stereocenters. The van der Waals surface area contributed by atoms with Gasteiger partial charge in [-0.25, -0.2) is 0 Å². The van der Waals surface area contributed by atoms with Crippen LogP contribution in [0.5, 0.6) is 5.75 Å². The first kappa shape index (κ1) is 12.9. The summed E-state index contributed by atoms with van der Waals surface area (Å²) in [5.74, 6) is 1.89. The van der Waals surface area contributed by atoms with Crippen molar-refractivity contribution in [2.75, 3.05) is 33.3 Å². The van der Waals surface area contributed by atoms with Crippen LogP contribution in [-0.2, 0) is 0 Å². The molecule has 0 aliphatic carbocycles. The summed E-state index contributed by atoms with van der Waals surface area (Å²) in [5.41, 5.74) is 1.39. The van der Waals surface area contributed by atoms with Crippen molar-refractivity contribution in [2.45, 2.75) is 25.3 Å². The second kappa shape index (κ2) is 5.93. The number of rotatable bonds is 3. The normalized spacial score (nSPS) is 27.6. The number of para-hydroxylation sites is 1. The highest BCUT2D eigenvalue weighted by Gasteiger charge is 2.30. The maximum Gasteiger partial charge on any atom is 0.124 e. The van der Waals surface area contributed by atoms with Gasteiger partial charge >= 0.3 is 0 Å². The van der Waals surface area contributed by atoms with E-state index in [1.54, 1.807) is 0 Å². The molecule has 1 N–H and O–H groups in total. The Bertz CT molecular complexity index is 419. The summed E-state index contributed by atoms with van der Waals surface area (Å²) in [7, 11) is 2.06. The third kappa shape index (κ3) is 2.77. The Morgan fingerprint density at radius 1 is 1.32 bits per heavy atom. The predicted octanol–water partition coefficient (Wildman–Crippen LogP) is 2.44. The molecule has 3 heteroatoms. The van der Waals surface area contributed by atoms with Gasteiger partial charge in [-0.1, -0.05) is 18.2 Å². The fourth-order valence-corrected chi connectivity index (χ4v) is 3.54. The first-order valence-corrected chi connectivity index (χ1v) is 7.49. The molecule has 1 aromatic rings. The zero-order valence-electron chi connectivity index (χ0n) is 11.8. The van der Waals surface area contributed by atoms with Crippen LogP contribution >= 0.6 is 0 Å². The van der Waals surface area contributed by atoms with E-state index in [-0.39, 0.29) is 0 Å². The van der Waals surface area contributed by atoms with Crippen molar-refractivity contribution in [3.63, 3.8) is 0 Å². The van der Waals surface area contributed by atoms with E-state index in [9.17, 15) is 0 Å². The molecule has 1 saturated heterocycles. The average Bonchev–Trinajstić information content (AvgIpc) is 2.47. The van der Waals surface area contributed by atoms with E-state index in [1.807, 2.05) is 0 Å². The molecule has 0 saturated carbocycles. The molecule has 3 rings (SSSR count). The van der Waals surface area contributed by atoms with Crippen LogP contribution in [0.4, 0.5) is 0 Å². The lowest BCUT2D eigenvalue weighted by atomic mass is 9.92. The Hall–Kier alpha value is -1.06. The SMILES string of the molecule is CNCC1CCCN(C2CCOc3ccccc32)C1. The lowest BCUT2D eigenvalue weighted by molar-refractivity contribution is 0.0918. The van der Waals surface area contributed by atoms with Gasteiger partial charge in [0.25, 0.3) is 0 Å². The lowest BCUT2D eigenvalue weighted by Crippen LogP contribution is -2.42. The molecule has 1 fully saturated rings. The molecular weight excluding hydrogens is 236 g/mol. The fraction of sp³-hybridized carbons (Fsp3) is 0.625. The van der Waals surface area contributed by atoms with Crippen molar-refractivity contribution in [1.29, 1.82) is 0 Å². The smallest absolute Gasteiger partial charge is 0.124 e. The third-order valence-corrected chi connectivity index (χ3v) is 4.41. The van der Waals surface area contributed by atoms with Gasteiger partial charge in [0.1, 0.15) is 5.75 Å². The Morgan fingerprint density at radius 2 is 2.21 bits per heavy atom. The maximum atomic E-state index is 5.78. The molecule has 0 amide bonds. The monoisotopic (exact) mass is 260 g/mol. The van der Waals surface area contributed by atoms with Gasteiger partial charge in [-0.05, 0) is 45.0 Å². The quantitative estimate of drug-likeness (QED) is 0.903. The van der Waals surface area contributed by atoms with Crippen LogP contribution in [0.2, 0.25) is 0 Å². The average molecular weight is 260 g/mol. The van der Waals surface area contributed by atoms with Crippen molar-refractivity contribution in [1.82, 2.24) is 10.2 Å². The standard InChI is InChI=1S/C16H24N2O/c1-17-11-13-5-4-9-18(12-13)15-8-10-19-16-7-3-2-6-14(15)16/h2-3,6-7,13,15,17H,4-5,8-12H2,1H3. The molecule has 104 valence electrons. The first-order chi connectivity index (χ1) is 9.38. The molecule has 2 aliphatic heterocycles. The number of nitrogens with zero attached hydrogens (tertiary/aromatic N) is 1. The summed E-state index contributed by atoms with van der Waals surface area (Å²) in [6.45, 7) is 4.45. The Morgan fingerprint density at radius 3 is 3.11 bits per heavy atom. The van der Waals surface area contributed by atoms with Crippen LogP contribution in [0.1, 0.15) is 30.9 Å². The second-order valence-corrected chi connectivity index (χ2v) is 5.75. The summed E-state index contributed by atoms with van der Waals surface area (Å²) in [6.07, 6.45) is 3.82. The van der Waals surface area contributed by atoms with E-state index in [1.165, 1.54) is 31.5 Å². The van der Waals surface area contributed by atoms with E-state index in [0.29, 0.717) is 6.04 Å². The number of piperidine rings is 1. The van der Waals surface area contributed by atoms with Gasteiger partial charge < -0.3 is 10.1 Å². The van der Waals surface area contributed by atoms with Crippen molar-refractivity contribution in [2.24, 2.45) is 5.92 Å². The highest BCUT2D eigenvalue weighted by atomic mass is 16.5. The van der Waals surface area contributed by atoms with Crippen LogP contribution in [0, 0.1) is 5.92 Å². The fourth-order valence-electron chi connectivity index (χ4n) is 3.54. The van der Waals surface area contributed by atoms with Crippen molar-refractivity contribution in [3.8, 4) is 5.75 Å². The summed E-state index contributed by atoms with van der Waals surface area (Å²) in [4.78, 5) is 2.67. The number of likely N-dealkylation sites (tertiary alicyclic amines) is 1. The van der Waals surface area contributed by atoms with Gasteiger partial charge in [0.15, 0.2) is 0 Å². The number of ether oxygens (including phenoxy) is 1.